The average Bonchev–Trinajstić information content (AvgIpc) is 3.60. The third kappa shape index (κ3) is 5.85. The summed E-state index contributed by atoms with van der Waals surface area (Å²) in [6, 6.07) is 25.2. The molecule has 0 fully saturated rings. The number of fused-ring (bicyclic) bond motifs is 6. The standard InChI is InChI=1S/C43H26F9N3/c1-22-4-9-30-32-12-7-27(42(47,48)49)19-36(32)54(34(30)14-22)38-17-25(21-53)18-39(40(38)29-11-6-26(16-24(29)3)41(44,45)46)55-35-15-23(2)5-10-31(35)33-13-8-28(20-37(33)55)43(50,51)52/h4-20H,1-3H3. The van der Waals surface area contributed by atoms with Crippen LogP contribution in [0.2, 0.25) is 0 Å². The number of alkyl halides is 9. The first-order valence-electron chi connectivity index (χ1n) is 16.9. The number of rotatable bonds is 3. The summed E-state index contributed by atoms with van der Waals surface area (Å²) in [7, 11) is 0. The Labute approximate surface area is 307 Å². The van der Waals surface area contributed by atoms with Gasteiger partial charge in [0.25, 0.3) is 0 Å². The number of benzene rings is 6. The normalized spacial score (nSPS) is 12.7. The van der Waals surface area contributed by atoms with Crippen LogP contribution in [0.15, 0.2) is 103 Å². The number of aromatic nitrogens is 2. The summed E-state index contributed by atoms with van der Waals surface area (Å²) in [5.74, 6) is 0. The minimum Gasteiger partial charge on any atom is -0.308 e. The zero-order chi connectivity index (χ0) is 39.4. The number of halogens is 9. The van der Waals surface area contributed by atoms with Crippen LogP contribution in [0, 0.1) is 32.1 Å². The Morgan fingerprint density at radius 1 is 0.455 bits per heavy atom. The summed E-state index contributed by atoms with van der Waals surface area (Å²) in [4.78, 5) is 0. The van der Waals surface area contributed by atoms with Gasteiger partial charge in [0, 0.05) is 27.1 Å². The maximum absolute atomic E-state index is 14.3. The molecule has 6 aromatic carbocycles. The van der Waals surface area contributed by atoms with Gasteiger partial charge in [-0.15, -0.1) is 0 Å². The molecule has 0 amide bonds. The van der Waals surface area contributed by atoms with E-state index in [4.69, 9.17) is 0 Å². The van der Waals surface area contributed by atoms with E-state index in [1.807, 2.05) is 0 Å². The van der Waals surface area contributed by atoms with Gasteiger partial charge in [0.15, 0.2) is 0 Å². The van der Waals surface area contributed by atoms with Crippen LogP contribution in [0.4, 0.5) is 39.5 Å². The first kappa shape index (κ1) is 35.8. The Kier molecular flexibility index (Phi) is 7.90. The van der Waals surface area contributed by atoms with Gasteiger partial charge in [-0.1, -0.05) is 42.5 Å². The summed E-state index contributed by atoms with van der Waals surface area (Å²) in [5, 5.41) is 12.5. The van der Waals surface area contributed by atoms with E-state index < -0.39 is 35.2 Å². The number of hydrogen-bond donors (Lipinski definition) is 0. The molecule has 0 atom stereocenters. The molecule has 2 aromatic heterocycles. The van der Waals surface area contributed by atoms with Gasteiger partial charge in [-0.25, -0.2) is 0 Å². The lowest BCUT2D eigenvalue weighted by atomic mass is 9.93. The quantitative estimate of drug-likeness (QED) is 0.165. The van der Waals surface area contributed by atoms with Gasteiger partial charge in [0.2, 0.25) is 0 Å². The highest BCUT2D eigenvalue weighted by atomic mass is 19.4. The van der Waals surface area contributed by atoms with Gasteiger partial charge in [-0.2, -0.15) is 44.8 Å². The van der Waals surface area contributed by atoms with Crippen LogP contribution in [0.5, 0.6) is 0 Å². The molecule has 0 N–H and O–H groups in total. The molecular weight excluding hydrogens is 729 g/mol. The lowest BCUT2D eigenvalue weighted by Gasteiger charge is -2.23. The fourth-order valence-corrected chi connectivity index (χ4v) is 7.55. The molecule has 0 aliphatic heterocycles. The third-order valence-electron chi connectivity index (χ3n) is 10.0. The summed E-state index contributed by atoms with van der Waals surface area (Å²) >= 11 is 0. The van der Waals surface area contributed by atoms with Crippen molar-refractivity contribution in [3.63, 3.8) is 0 Å². The van der Waals surface area contributed by atoms with Gasteiger partial charge in [0.05, 0.1) is 61.8 Å². The fourth-order valence-electron chi connectivity index (χ4n) is 7.55. The minimum atomic E-state index is -4.74. The van der Waals surface area contributed by atoms with E-state index in [0.29, 0.717) is 32.6 Å². The van der Waals surface area contributed by atoms with Crippen molar-refractivity contribution in [1.29, 1.82) is 5.26 Å². The highest BCUT2D eigenvalue weighted by molar-refractivity contribution is 6.12. The molecule has 8 aromatic rings. The summed E-state index contributed by atoms with van der Waals surface area (Å²) in [6.07, 6.45) is -14.2. The van der Waals surface area contributed by atoms with Gasteiger partial charge in [-0.05, 0) is 104 Å². The second-order valence-corrected chi connectivity index (χ2v) is 13.7. The summed E-state index contributed by atoms with van der Waals surface area (Å²) < 4.78 is 131. The van der Waals surface area contributed by atoms with Gasteiger partial charge in [-0.3, -0.25) is 0 Å². The summed E-state index contributed by atoms with van der Waals surface area (Å²) in [5.41, 5.74) is 0.505. The van der Waals surface area contributed by atoms with E-state index in [1.54, 1.807) is 59.4 Å². The van der Waals surface area contributed by atoms with Crippen LogP contribution < -0.4 is 0 Å². The minimum absolute atomic E-state index is 0.00238. The molecule has 0 unspecified atom stereocenters. The molecular formula is C43H26F9N3. The van der Waals surface area contributed by atoms with Crippen molar-refractivity contribution in [3.8, 4) is 28.6 Å². The smallest absolute Gasteiger partial charge is 0.308 e. The molecule has 0 saturated heterocycles. The van der Waals surface area contributed by atoms with Crippen molar-refractivity contribution in [2.75, 3.05) is 0 Å². The highest BCUT2D eigenvalue weighted by Crippen LogP contribution is 2.46. The first-order chi connectivity index (χ1) is 25.8. The van der Waals surface area contributed by atoms with E-state index in [0.717, 1.165) is 47.5 Å². The molecule has 3 nitrogen and oxygen atoms in total. The van der Waals surface area contributed by atoms with Crippen LogP contribution in [0.1, 0.15) is 38.9 Å². The average molecular weight is 756 g/mol. The second-order valence-electron chi connectivity index (χ2n) is 13.7. The number of hydrogen-bond acceptors (Lipinski definition) is 1. The second kappa shape index (κ2) is 12.1. The van der Waals surface area contributed by atoms with Crippen molar-refractivity contribution in [2.24, 2.45) is 0 Å². The molecule has 0 aliphatic carbocycles. The van der Waals surface area contributed by atoms with Gasteiger partial charge >= 0.3 is 18.5 Å². The van der Waals surface area contributed by atoms with Crippen molar-refractivity contribution >= 4 is 43.6 Å². The molecule has 276 valence electrons. The predicted octanol–water partition coefficient (Wildman–Crippen LogP) is 13.4. The van der Waals surface area contributed by atoms with E-state index >= 15 is 0 Å². The Morgan fingerprint density at radius 3 is 1.20 bits per heavy atom. The van der Waals surface area contributed by atoms with E-state index in [-0.39, 0.29) is 44.7 Å². The Bertz CT molecular complexity index is 2770. The monoisotopic (exact) mass is 755 g/mol. The number of aryl methyl sites for hydroxylation is 3. The van der Waals surface area contributed by atoms with Crippen molar-refractivity contribution in [3.05, 3.63) is 142 Å². The van der Waals surface area contributed by atoms with E-state index in [9.17, 15) is 44.8 Å². The lowest BCUT2D eigenvalue weighted by molar-refractivity contribution is -0.138. The van der Waals surface area contributed by atoms with E-state index in [2.05, 4.69) is 6.07 Å². The lowest BCUT2D eigenvalue weighted by Crippen LogP contribution is -2.09. The molecule has 0 radical (unpaired) electrons. The first-order valence-corrected chi connectivity index (χ1v) is 16.9. The molecule has 0 saturated carbocycles. The Morgan fingerprint density at radius 2 is 0.818 bits per heavy atom. The Balaban J connectivity index is 1.63. The van der Waals surface area contributed by atoms with Crippen LogP contribution in [-0.2, 0) is 18.5 Å². The molecule has 12 heteroatoms. The SMILES string of the molecule is Cc1ccc2c3ccc(C(F)(F)F)cc3n(-c3cc(C#N)cc(-n4c5cc(C)ccc5c5ccc(C(F)(F)F)cc54)c3-c3ccc(C(F)(F)F)cc3C)c2c1. The Hall–Kier alpha value is -6.22. The maximum atomic E-state index is 14.3. The highest BCUT2D eigenvalue weighted by Gasteiger charge is 2.34. The van der Waals surface area contributed by atoms with Crippen molar-refractivity contribution < 1.29 is 39.5 Å². The largest absolute Gasteiger partial charge is 0.416 e. The van der Waals surface area contributed by atoms with E-state index in [1.165, 1.54) is 37.3 Å². The fraction of sp³-hybridized carbons (Fsp3) is 0.140. The zero-order valence-corrected chi connectivity index (χ0v) is 29.1. The number of nitriles is 1. The molecule has 55 heavy (non-hydrogen) atoms. The van der Waals surface area contributed by atoms with Gasteiger partial charge < -0.3 is 9.13 Å². The molecule has 0 aliphatic rings. The van der Waals surface area contributed by atoms with Crippen molar-refractivity contribution in [1.82, 2.24) is 9.13 Å². The van der Waals surface area contributed by atoms with Crippen molar-refractivity contribution in [2.45, 2.75) is 39.3 Å². The molecule has 0 bridgehead atoms. The van der Waals surface area contributed by atoms with Crippen LogP contribution in [-0.4, -0.2) is 9.13 Å². The number of nitrogens with zero attached hydrogens (tertiary/aromatic N) is 3. The maximum Gasteiger partial charge on any atom is 0.416 e. The van der Waals surface area contributed by atoms with Crippen LogP contribution in [0.3, 0.4) is 0 Å². The topological polar surface area (TPSA) is 33.6 Å². The molecule has 8 rings (SSSR count). The molecule has 2 heterocycles. The summed E-state index contributed by atoms with van der Waals surface area (Å²) in [6.45, 7) is 5.03. The van der Waals surface area contributed by atoms with Gasteiger partial charge in [0.1, 0.15) is 0 Å². The van der Waals surface area contributed by atoms with Crippen LogP contribution >= 0.6 is 0 Å². The molecule has 0 spiro atoms. The third-order valence-corrected chi connectivity index (χ3v) is 10.0. The predicted molar refractivity (Wildman–Crippen MR) is 194 cm³/mol. The van der Waals surface area contributed by atoms with Crippen LogP contribution in [0.25, 0.3) is 66.1 Å². The zero-order valence-electron chi connectivity index (χ0n) is 29.1.